The van der Waals surface area contributed by atoms with E-state index in [2.05, 4.69) is 29.2 Å². The van der Waals surface area contributed by atoms with E-state index in [9.17, 15) is 4.79 Å². The van der Waals surface area contributed by atoms with Crippen LogP contribution in [0.5, 0.6) is 0 Å². The molecule has 1 saturated heterocycles. The van der Waals surface area contributed by atoms with Crippen molar-refractivity contribution in [3.8, 4) is 5.69 Å². The number of carbonyl (C=O) groups excluding carboxylic acids is 1. The highest BCUT2D eigenvalue weighted by atomic mass is 16.2. The third-order valence-electron chi connectivity index (χ3n) is 4.46. The molecule has 0 radical (unpaired) electrons. The van der Waals surface area contributed by atoms with E-state index in [0.29, 0.717) is 6.42 Å². The zero-order chi connectivity index (χ0) is 16.4. The van der Waals surface area contributed by atoms with Crippen molar-refractivity contribution in [2.45, 2.75) is 26.3 Å². The summed E-state index contributed by atoms with van der Waals surface area (Å²) in [5, 5.41) is 8.42. The number of para-hydroxylation sites is 1. The maximum Gasteiger partial charge on any atom is 0.229 e. The average molecular weight is 313 g/mol. The minimum atomic E-state index is 0.133. The highest BCUT2D eigenvalue weighted by Gasteiger charge is 2.26. The predicted octanol–water partition coefficient (Wildman–Crippen LogP) is 1.28. The molecule has 1 amide bonds. The van der Waals surface area contributed by atoms with E-state index in [1.807, 2.05) is 42.2 Å². The fourth-order valence-corrected chi connectivity index (χ4v) is 3.09. The number of benzene rings is 1. The lowest BCUT2D eigenvalue weighted by Crippen LogP contribution is -2.53. The fraction of sp³-hybridized carbons (Fsp3) is 0.471. The van der Waals surface area contributed by atoms with Gasteiger partial charge in [0.15, 0.2) is 0 Å². The molecule has 0 unspecified atom stereocenters. The van der Waals surface area contributed by atoms with Gasteiger partial charge in [0.05, 0.1) is 23.5 Å². The second-order valence-corrected chi connectivity index (χ2v) is 6.24. The Morgan fingerprint density at radius 1 is 1.26 bits per heavy atom. The summed E-state index contributed by atoms with van der Waals surface area (Å²) in [4.78, 5) is 16.8. The highest BCUT2D eigenvalue weighted by molar-refractivity contribution is 5.79. The molecule has 3 rings (SSSR count). The van der Waals surface area contributed by atoms with E-state index in [1.165, 1.54) is 0 Å². The predicted molar refractivity (Wildman–Crippen MR) is 88.5 cm³/mol. The first-order valence-corrected chi connectivity index (χ1v) is 8.01. The fourth-order valence-electron chi connectivity index (χ4n) is 3.09. The average Bonchev–Trinajstić information content (AvgIpc) is 2.89. The lowest BCUT2D eigenvalue weighted by atomic mass is 10.1. The van der Waals surface area contributed by atoms with Crippen molar-refractivity contribution in [2.24, 2.45) is 0 Å². The topological polar surface area (TPSA) is 54.3 Å². The molecule has 0 bridgehead atoms. The van der Waals surface area contributed by atoms with Crippen LogP contribution >= 0.6 is 0 Å². The molecule has 0 N–H and O–H groups in total. The van der Waals surface area contributed by atoms with Crippen molar-refractivity contribution in [2.75, 3.05) is 26.7 Å². The second-order valence-electron chi connectivity index (χ2n) is 6.24. The number of likely N-dealkylation sites (N-methyl/N-ethyl adjacent to an activating group) is 1. The van der Waals surface area contributed by atoms with Gasteiger partial charge in [-0.05, 0) is 33.0 Å². The van der Waals surface area contributed by atoms with Crippen LogP contribution in [0.1, 0.15) is 18.3 Å². The Kier molecular flexibility index (Phi) is 4.43. The number of nitrogens with zero attached hydrogens (tertiary/aromatic N) is 5. The summed E-state index contributed by atoms with van der Waals surface area (Å²) < 4.78 is 1.79. The van der Waals surface area contributed by atoms with Gasteiger partial charge in [0, 0.05) is 25.7 Å². The molecule has 23 heavy (non-hydrogen) atoms. The molecule has 1 aliphatic rings. The van der Waals surface area contributed by atoms with Crippen molar-refractivity contribution >= 4 is 5.91 Å². The summed E-state index contributed by atoms with van der Waals surface area (Å²) in [6.07, 6.45) is 0.312. The lowest BCUT2D eigenvalue weighted by molar-refractivity contribution is -0.134. The molecule has 2 heterocycles. The maximum absolute atomic E-state index is 12.6. The summed E-state index contributed by atoms with van der Waals surface area (Å²) in [6, 6.07) is 10.1. The molecule has 0 aliphatic carbocycles. The SMILES string of the molecule is Cc1c(CC(=O)N2CCN(C)C[C@H]2C)nnn1-c1ccccc1. The Balaban J connectivity index is 1.74. The first-order chi connectivity index (χ1) is 11.1. The standard InChI is InChI=1S/C17H23N5O/c1-13-12-20(3)9-10-21(13)17(23)11-16-14(2)22(19-18-16)15-7-5-4-6-8-15/h4-8,13H,9-12H2,1-3H3/t13-/m1/s1. The zero-order valence-electron chi connectivity index (χ0n) is 13.9. The number of rotatable bonds is 3. The van der Waals surface area contributed by atoms with Crippen molar-refractivity contribution < 1.29 is 4.79 Å². The van der Waals surface area contributed by atoms with Crippen LogP contribution in [0.4, 0.5) is 0 Å². The van der Waals surface area contributed by atoms with E-state index in [-0.39, 0.29) is 11.9 Å². The lowest BCUT2D eigenvalue weighted by Gasteiger charge is -2.38. The van der Waals surface area contributed by atoms with Crippen LogP contribution in [0.15, 0.2) is 30.3 Å². The van der Waals surface area contributed by atoms with Gasteiger partial charge in [-0.15, -0.1) is 5.10 Å². The minimum Gasteiger partial charge on any atom is -0.337 e. The van der Waals surface area contributed by atoms with E-state index in [1.54, 1.807) is 4.68 Å². The van der Waals surface area contributed by atoms with Gasteiger partial charge in [-0.2, -0.15) is 0 Å². The molecule has 122 valence electrons. The van der Waals surface area contributed by atoms with Gasteiger partial charge in [0.25, 0.3) is 0 Å². The highest BCUT2D eigenvalue weighted by Crippen LogP contribution is 2.15. The van der Waals surface area contributed by atoms with Gasteiger partial charge in [0.2, 0.25) is 5.91 Å². The van der Waals surface area contributed by atoms with Gasteiger partial charge in [-0.3, -0.25) is 4.79 Å². The number of hydrogen-bond acceptors (Lipinski definition) is 4. The molecule has 1 aromatic carbocycles. The van der Waals surface area contributed by atoms with E-state index >= 15 is 0 Å². The van der Waals surface area contributed by atoms with Crippen LogP contribution in [0.3, 0.4) is 0 Å². The number of amides is 1. The van der Waals surface area contributed by atoms with Gasteiger partial charge >= 0.3 is 0 Å². The normalized spacial score (nSPS) is 19.1. The Morgan fingerprint density at radius 3 is 2.70 bits per heavy atom. The quantitative estimate of drug-likeness (QED) is 0.856. The largest absolute Gasteiger partial charge is 0.337 e. The zero-order valence-corrected chi connectivity index (χ0v) is 13.9. The molecule has 1 fully saturated rings. The van der Waals surface area contributed by atoms with E-state index in [4.69, 9.17) is 0 Å². The number of aromatic nitrogens is 3. The Bertz CT molecular complexity index is 682. The Labute approximate surface area is 136 Å². The maximum atomic E-state index is 12.6. The molecule has 6 nitrogen and oxygen atoms in total. The molecule has 1 aromatic heterocycles. The van der Waals surface area contributed by atoms with Crippen LogP contribution in [-0.4, -0.2) is 63.4 Å². The van der Waals surface area contributed by atoms with Crippen LogP contribution in [0.25, 0.3) is 5.69 Å². The van der Waals surface area contributed by atoms with Gasteiger partial charge < -0.3 is 9.80 Å². The molecular formula is C17H23N5O. The van der Waals surface area contributed by atoms with Gasteiger partial charge in [-0.25, -0.2) is 4.68 Å². The van der Waals surface area contributed by atoms with Crippen molar-refractivity contribution in [3.05, 3.63) is 41.7 Å². The number of carbonyl (C=O) groups is 1. The molecule has 0 saturated carbocycles. The van der Waals surface area contributed by atoms with E-state index < -0.39 is 0 Å². The molecule has 0 spiro atoms. The summed E-state index contributed by atoms with van der Waals surface area (Å²) in [5.41, 5.74) is 2.64. The second kappa shape index (κ2) is 6.50. The van der Waals surface area contributed by atoms with Crippen LogP contribution < -0.4 is 0 Å². The number of hydrogen-bond donors (Lipinski definition) is 0. The molecular weight excluding hydrogens is 290 g/mol. The molecule has 1 atom stereocenters. The first kappa shape index (κ1) is 15.7. The third kappa shape index (κ3) is 3.27. The van der Waals surface area contributed by atoms with Gasteiger partial charge in [0.1, 0.15) is 0 Å². The van der Waals surface area contributed by atoms with Crippen molar-refractivity contribution in [3.63, 3.8) is 0 Å². The van der Waals surface area contributed by atoms with Crippen LogP contribution in [-0.2, 0) is 11.2 Å². The Hall–Kier alpha value is -2.21. The monoisotopic (exact) mass is 313 g/mol. The summed E-state index contributed by atoms with van der Waals surface area (Å²) in [5.74, 6) is 0.133. The van der Waals surface area contributed by atoms with Crippen molar-refractivity contribution in [1.82, 2.24) is 24.8 Å². The van der Waals surface area contributed by atoms with Crippen LogP contribution in [0.2, 0.25) is 0 Å². The Morgan fingerprint density at radius 2 is 2.00 bits per heavy atom. The summed E-state index contributed by atoms with van der Waals surface area (Å²) in [7, 11) is 2.09. The van der Waals surface area contributed by atoms with Gasteiger partial charge in [-0.1, -0.05) is 23.4 Å². The first-order valence-electron chi connectivity index (χ1n) is 8.01. The summed E-state index contributed by atoms with van der Waals surface area (Å²) >= 11 is 0. The minimum absolute atomic E-state index is 0.133. The van der Waals surface area contributed by atoms with Crippen LogP contribution in [0, 0.1) is 6.92 Å². The molecule has 1 aliphatic heterocycles. The molecule has 2 aromatic rings. The number of piperazine rings is 1. The van der Waals surface area contributed by atoms with E-state index in [0.717, 1.165) is 36.7 Å². The summed E-state index contributed by atoms with van der Waals surface area (Å²) in [6.45, 7) is 6.68. The smallest absolute Gasteiger partial charge is 0.229 e. The van der Waals surface area contributed by atoms with Crippen molar-refractivity contribution in [1.29, 1.82) is 0 Å². The third-order valence-corrected chi connectivity index (χ3v) is 4.46. The molecule has 6 heteroatoms.